The molecule has 0 amide bonds. The van der Waals surface area contributed by atoms with Crippen LogP contribution in [0.25, 0.3) is 38.5 Å². The maximum absolute atomic E-state index is 6.40. The van der Waals surface area contributed by atoms with E-state index in [0.717, 1.165) is 56.4 Å². The van der Waals surface area contributed by atoms with Gasteiger partial charge in [0.1, 0.15) is 5.75 Å². The van der Waals surface area contributed by atoms with Crippen LogP contribution in [0.2, 0.25) is 0 Å². The first-order chi connectivity index (χ1) is 21.3. The van der Waals surface area contributed by atoms with Gasteiger partial charge in [-0.2, -0.15) is 0 Å². The highest BCUT2D eigenvalue weighted by Gasteiger charge is 2.28. The monoisotopic (exact) mass is 552 g/mol. The van der Waals surface area contributed by atoms with E-state index in [1.165, 1.54) is 27.8 Å². The lowest BCUT2D eigenvalue weighted by Gasteiger charge is -2.29. The van der Waals surface area contributed by atoms with Gasteiger partial charge in [0.05, 0.1) is 16.9 Å². The zero-order chi connectivity index (χ0) is 28.3. The third-order valence-corrected chi connectivity index (χ3v) is 9.06. The molecule has 1 N–H and O–H groups in total. The molecule has 1 aliphatic heterocycles. The Kier molecular flexibility index (Phi) is 5.39. The number of pyridine rings is 1. The van der Waals surface area contributed by atoms with Crippen molar-refractivity contribution in [3.05, 3.63) is 167 Å². The fraction of sp³-hybridized carbons (Fsp3) is 0.0750. The number of hydrogen-bond acceptors (Lipinski definition) is 3. The largest absolute Gasteiger partial charge is 0.464 e. The van der Waals surface area contributed by atoms with Crippen LogP contribution in [0.1, 0.15) is 40.8 Å². The normalized spacial score (nSPS) is 18.2. The van der Waals surface area contributed by atoms with Crippen molar-refractivity contribution in [1.29, 1.82) is 0 Å². The van der Waals surface area contributed by atoms with Crippen molar-refractivity contribution in [1.82, 2.24) is 4.98 Å². The molecular weight excluding hydrogens is 524 g/mol. The Balaban J connectivity index is 1.17. The van der Waals surface area contributed by atoms with Crippen LogP contribution in [-0.2, 0) is 0 Å². The van der Waals surface area contributed by atoms with Gasteiger partial charge >= 0.3 is 0 Å². The third-order valence-electron chi connectivity index (χ3n) is 9.06. The number of hydrogen-bond donors (Lipinski definition) is 1. The number of para-hydroxylation sites is 1. The molecule has 204 valence electrons. The first kappa shape index (κ1) is 24.2. The second kappa shape index (κ2) is 9.57. The first-order valence-corrected chi connectivity index (χ1v) is 14.9. The van der Waals surface area contributed by atoms with Crippen molar-refractivity contribution in [2.75, 3.05) is 5.32 Å². The van der Waals surface area contributed by atoms with Crippen LogP contribution in [-0.4, -0.2) is 4.98 Å². The molecule has 0 fully saturated rings. The van der Waals surface area contributed by atoms with E-state index in [2.05, 4.69) is 127 Å². The molecule has 5 aromatic carbocycles. The average molecular weight is 553 g/mol. The predicted octanol–water partition coefficient (Wildman–Crippen LogP) is 9.97. The molecule has 9 rings (SSSR count). The van der Waals surface area contributed by atoms with Gasteiger partial charge in [-0.3, -0.25) is 0 Å². The quantitative estimate of drug-likeness (QED) is 0.222. The van der Waals surface area contributed by atoms with E-state index in [-0.39, 0.29) is 6.23 Å². The minimum absolute atomic E-state index is 0.225. The van der Waals surface area contributed by atoms with Crippen molar-refractivity contribution in [2.24, 2.45) is 0 Å². The van der Waals surface area contributed by atoms with Gasteiger partial charge in [0.15, 0.2) is 6.23 Å². The summed E-state index contributed by atoms with van der Waals surface area (Å²) in [7, 11) is 0. The summed E-state index contributed by atoms with van der Waals surface area (Å²) < 4.78 is 6.40. The minimum Gasteiger partial charge on any atom is -0.464 e. The molecule has 2 unspecified atom stereocenters. The van der Waals surface area contributed by atoms with Crippen LogP contribution in [0, 0.1) is 0 Å². The lowest BCUT2D eigenvalue weighted by Crippen LogP contribution is -2.11. The van der Waals surface area contributed by atoms with Crippen molar-refractivity contribution >= 4 is 32.9 Å². The summed E-state index contributed by atoms with van der Waals surface area (Å²) in [4.78, 5) is 5.21. The van der Waals surface area contributed by atoms with Crippen LogP contribution in [0.3, 0.4) is 0 Å². The minimum atomic E-state index is -0.225. The summed E-state index contributed by atoms with van der Waals surface area (Å²) in [5.41, 5.74) is 11.8. The Labute approximate surface area is 250 Å². The average Bonchev–Trinajstić information content (AvgIpc) is 3.53. The topological polar surface area (TPSA) is 34.1 Å². The van der Waals surface area contributed by atoms with E-state index in [0.29, 0.717) is 5.92 Å². The second-order valence-corrected chi connectivity index (χ2v) is 11.5. The molecule has 2 aliphatic carbocycles. The highest BCUT2D eigenvalue weighted by molar-refractivity contribution is 6.17. The highest BCUT2D eigenvalue weighted by atomic mass is 16.5. The standard InChI is InChI=1S/C40H28N2O/c1-2-10-27(11-3-1)40-42-39-36(43-40)23-22-33-37(39)32-16-8-9-17-35(32)41-38(33)26-20-18-25(19-21-26)34-24-28-12-4-5-13-29(28)30-14-6-7-15-31(30)34/h1-12,14-24,29,40,42H,13H2. The summed E-state index contributed by atoms with van der Waals surface area (Å²) in [5.74, 6) is 1.31. The van der Waals surface area contributed by atoms with Gasteiger partial charge in [-0.15, -0.1) is 0 Å². The van der Waals surface area contributed by atoms with Gasteiger partial charge in [0.25, 0.3) is 0 Å². The molecule has 2 atom stereocenters. The Morgan fingerprint density at radius 3 is 2.42 bits per heavy atom. The van der Waals surface area contributed by atoms with Gasteiger partial charge < -0.3 is 10.1 Å². The van der Waals surface area contributed by atoms with Crippen LogP contribution in [0.5, 0.6) is 5.75 Å². The summed E-state index contributed by atoms with van der Waals surface area (Å²) in [6.07, 6.45) is 9.94. The number of rotatable bonds is 3. The van der Waals surface area contributed by atoms with Crippen molar-refractivity contribution in [3.8, 4) is 17.0 Å². The SMILES string of the molecule is C1=CCC2C(=C1)C=C(c1ccc(-c3nc4ccccc4c4c5c(ccc34)OC(c3ccccc3)N5)cc1)c1ccccc12. The molecule has 0 spiro atoms. The molecular formula is C40H28N2O. The zero-order valence-corrected chi connectivity index (χ0v) is 23.5. The number of allylic oxidation sites excluding steroid dienone is 5. The molecule has 3 nitrogen and oxygen atoms in total. The summed E-state index contributed by atoms with van der Waals surface area (Å²) in [6.45, 7) is 0. The Bertz CT molecular complexity index is 2160. The second-order valence-electron chi connectivity index (χ2n) is 11.5. The van der Waals surface area contributed by atoms with Gasteiger partial charge in [-0.25, -0.2) is 4.98 Å². The summed E-state index contributed by atoms with van der Waals surface area (Å²) >= 11 is 0. The third kappa shape index (κ3) is 3.85. The van der Waals surface area contributed by atoms with Crippen molar-refractivity contribution < 1.29 is 4.74 Å². The molecule has 0 saturated carbocycles. The molecule has 0 bridgehead atoms. The molecule has 0 radical (unpaired) electrons. The number of ether oxygens (including phenoxy) is 1. The predicted molar refractivity (Wildman–Crippen MR) is 176 cm³/mol. The Hall–Kier alpha value is -5.41. The Morgan fingerprint density at radius 1 is 0.721 bits per heavy atom. The van der Waals surface area contributed by atoms with E-state index in [1.54, 1.807) is 0 Å². The Morgan fingerprint density at radius 2 is 1.51 bits per heavy atom. The lowest BCUT2D eigenvalue weighted by atomic mass is 9.75. The van der Waals surface area contributed by atoms with E-state index in [4.69, 9.17) is 9.72 Å². The molecule has 43 heavy (non-hydrogen) atoms. The van der Waals surface area contributed by atoms with E-state index in [1.807, 2.05) is 18.2 Å². The zero-order valence-electron chi connectivity index (χ0n) is 23.5. The van der Waals surface area contributed by atoms with Crippen LogP contribution >= 0.6 is 0 Å². The number of anilines is 1. The van der Waals surface area contributed by atoms with Gasteiger partial charge in [0, 0.05) is 33.2 Å². The lowest BCUT2D eigenvalue weighted by molar-refractivity contribution is 0.260. The molecule has 2 heterocycles. The number of fused-ring (bicyclic) bond motifs is 8. The number of aromatic nitrogens is 1. The fourth-order valence-corrected chi connectivity index (χ4v) is 6.99. The van der Waals surface area contributed by atoms with Crippen molar-refractivity contribution in [2.45, 2.75) is 18.6 Å². The maximum Gasteiger partial charge on any atom is 0.196 e. The van der Waals surface area contributed by atoms with E-state index < -0.39 is 0 Å². The molecule has 0 saturated heterocycles. The smallest absolute Gasteiger partial charge is 0.196 e. The van der Waals surface area contributed by atoms with Crippen molar-refractivity contribution in [3.63, 3.8) is 0 Å². The van der Waals surface area contributed by atoms with Crippen LogP contribution in [0.4, 0.5) is 5.69 Å². The number of nitrogens with zero attached hydrogens (tertiary/aromatic N) is 1. The van der Waals surface area contributed by atoms with E-state index >= 15 is 0 Å². The van der Waals surface area contributed by atoms with Crippen LogP contribution < -0.4 is 10.1 Å². The van der Waals surface area contributed by atoms with Gasteiger partial charge in [-0.1, -0.05) is 115 Å². The molecule has 6 aromatic rings. The van der Waals surface area contributed by atoms with Crippen LogP contribution in [0.15, 0.2) is 145 Å². The summed E-state index contributed by atoms with van der Waals surface area (Å²) in [6, 6.07) is 40.8. The van der Waals surface area contributed by atoms with E-state index in [9.17, 15) is 0 Å². The molecule has 1 aromatic heterocycles. The first-order valence-electron chi connectivity index (χ1n) is 14.9. The fourth-order valence-electron chi connectivity index (χ4n) is 6.99. The molecule has 3 aliphatic rings. The highest BCUT2D eigenvalue weighted by Crippen LogP contribution is 2.47. The summed E-state index contributed by atoms with van der Waals surface area (Å²) in [5, 5.41) is 7.06. The van der Waals surface area contributed by atoms with Gasteiger partial charge in [0.2, 0.25) is 0 Å². The van der Waals surface area contributed by atoms with Gasteiger partial charge in [-0.05, 0) is 58.5 Å². The maximum atomic E-state index is 6.40. The number of nitrogens with one attached hydrogen (secondary N) is 1. The molecule has 3 heteroatoms. The number of benzene rings is 5.